The summed E-state index contributed by atoms with van der Waals surface area (Å²) in [6.07, 6.45) is 0. The smallest absolute Gasteiger partial charge is 0.260 e. The van der Waals surface area contributed by atoms with Crippen LogP contribution in [0.5, 0.6) is 0 Å². The number of thioether (sulfide) groups is 1. The van der Waals surface area contributed by atoms with Crippen molar-refractivity contribution in [1.82, 2.24) is 30.2 Å². The van der Waals surface area contributed by atoms with Gasteiger partial charge in [0, 0.05) is 10.9 Å². The van der Waals surface area contributed by atoms with Crippen molar-refractivity contribution >= 4 is 33.3 Å². The number of aryl methyl sites for hydroxylation is 2. The predicted molar refractivity (Wildman–Crippen MR) is 124 cm³/mol. The Labute approximate surface area is 186 Å². The van der Waals surface area contributed by atoms with E-state index >= 15 is 0 Å². The first kappa shape index (κ1) is 19.7. The molecule has 0 amide bonds. The van der Waals surface area contributed by atoms with Crippen LogP contribution in [0.2, 0.25) is 0 Å². The fraction of sp³-hybridized carbons (Fsp3) is 0.136. The van der Waals surface area contributed by atoms with Gasteiger partial charge in [0.1, 0.15) is 10.7 Å². The van der Waals surface area contributed by atoms with Gasteiger partial charge >= 0.3 is 0 Å². The SMILES string of the molecule is Cc1ccc(-n2nnnc2SCc2nc3scc(-c4ccccc4)c3c(=O)[nH]2)cc1C. The zero-order valence-corrected chi connectivity index (χ0v) is 18.5. The zero-order valence-electron chi connectivity index (χ0n) is 16.9. The van der Waals surface area contributed by atoms with E-state index in [0.29, 0.717) is 22.1 Å². The average molecular weight is 447 g/mol. The molecule has 5 rings (SSSR count). The second-order valence-electron chi connectivity index (χ2n) is 7.14. The van der Waals surface area contributed by atoms with Gasteiger partial charge < -0.3 is 4.98 Å². The number of thiophene rings is 1. The summed E-state index contributed by atoms with van der Waals surface area (Å²) in [5.41, 5.74) is 5.08. The number of hydrogen-bond acceptors (Lipinski definition) is 7. The van der Waals surface area contributed by atoms with Crippen molar-refractivity contribution in [2.45, 2.75) is 24.8 Å². The van der Waals surface area contributed by atoms with Crippen molar-refractivity contribution in [2.24, 2.45) is 0 Å². The summed E-state index contributed by atoms with van der Waals surface area (Å²) in [4.78, 5) is 21.2. The van der Waals surface area contributed by atoms with Crippen LogP contribution < -0.4 is 5.56 Å². The molecule has 0 aliphatic heterocycles. The van der Waals surface area contributed by atoms with E-state index in [0.717, 1.165) is 21.6 Å². The number of fused-ring (bicyclic) bond motifs is 1. The number of nitrogens with one attached hydrogen (secondary N) is 1. The molecular weight excluding hydrogens is 428 g/mol. The first-order chi connectivity index (χ1) is 15.1. The van der Waals surface area contributed by atoms with Crippen LogP contribution in [0.3, 0.4) is 0 Å². The van der Waals surface area contributed by atoms with Crippen LogP contribution in [0.15, 0.2) is 63.9 Å². The van der Waals surface area contributed by atoms with E-state index in [-0.39, 0.29) is 5.56 Å². The lowest BCUT2D eigenvalue weighted by Crippen LogP contribution is -2.11. The molecule has 2 aromatic carbocycles. The number of aromatic nitrogens is 6. The lowest BCUT2D eigenvalue weighted by atomic mass is 10.1. The molecule has 1 N–H and O–H groups in total. The largest absolute Gasteiger partial charge is 0.309 e. The van der Waals surface area contributed by atoms with Crippen LogP contribution >= 0.6 is 23.1 Å². The van der Waals surface area contributed by atoms with Crippen molar-refractivity contribution in [1.29, 1.82) is 0 Å². The minimum Gasteiger partial charge on any atom is -0.309 e. The fourth-order valence-electron chi connectivity index (χ4n) is 3.31. The third-order valence-electron chi connectivity index (χ3n) is 5.09. The van der Waals surface area contributed by atoms with Gasteiger partial charge in [0.15, 0.2) is 0 Å². The number of nitrogens with zero attached hydrogens (tertiary/aromatic N) is 5. The molecule has 0 unspecified atom stereocenters. The van der Waals surface area contributed by atoms with Crippen molar-refractivity contribution in [2.75, 3.05) is 0 Å². The summed E-state index contributed by atoms with van der Waals surface area (Å²) in [6, 6.07) is 16.0. The number of H-pyrrole nitrogens is 1. The highest BCUT2D eigenvalue weighted by atomic mass is 32.2. The highest BCUT2D eigenvalue weighted by Crippen LogP contribution is 2.31. The summed E-state index contributed by atoms with van der Waals surface area (Å²) in [7, 11) is 0. The monoisotopic (exact) mass is 446 g/mol. The van der Waals surface area contributed by atoms with Crippen LogP contribution in [0, 0.1) is 13.8 Å². The van der Waals surface area contributed by atoms with Gasteiger partial charge in [-0.05, 0) is 53.1 Å². The van der Waals surface area contributed by atoms with Gasteiger partial charge in [0.2, 0.25) is 5.16 Å². The predicted octanol–water partition coefficient (Wildman–Crippen LogP) is 4.54. The molecule has 0 fully saturated rings. The average Bonchev–Trinajstić information content (AvgIpc) is 3.42. The number of rotatable bonds is 5. The summed E-state index contributed by atoms with van der Waals surface area (Å²) in [6.45, 7) is 4.13. The van der Waals surface area contributed by atoms with Crippen LogP contribution in [-0.4, -0.2) is 30.2 Å². The minimum absolute atomic E-state index is 0.130. The molecule has 0 saturated carbocycles. The molecule has 0 aliphatic rings. The molecule has 0 saturated heterocycles. The molecule has 154 valence electrons. The van der Waals surface area contributed by atoms with E-state index in [4.69, 9.17) is 0 Å². The number of benzene rings is 2. The zero-order chi connectivity index (χ0) is 21.4. The molecule has 0 radical (unpaired) electrons. The molecule has 5 aromatic rings. The van der Waals surface area contributed by atoms with Crippen LogP contribution in [0.4, 0.5) is 0 Å². The third-order valence-corrected chi connectivity index (χ3v) is 6.89. The Morgan fingerprint density at radius 3 is 2.74 bits per heavy atom. The number of aromatic amines is 1. The molecule has 0 aliphatic carbocycles. The number of tetrazole rings is 1. The number of hydrogen-bond donors (Lipinski definition) is 1. The summed E-state index contributed by atoms with van der Waals surface area (Å²) >= 11 is 2.91. The third kappa shape index (κ3) is 3.77. The molecule has 0 atom stereocenters. The van der Waals surface area contributed by atoms with E-state index in [1.54, 1.807) is 4.68 Å². The van der Waals surface area contributed by atoms with E-state index < -0.39 is 0 Å². The Balaban J connectivity index is 1.42. The summed E-state index contributed by atoms with van der Waals surface area (Å²) < 4.78 is 1.70. The Morgan fingerprint density at radius 1 is 1.10 bits per heavy atom. The van der Waals surface area contributed by atoms with Gasteiger partial charge in [-0.3, -0.25) is 4.79 Å². The van der Waals surface area contributed by atoms with Crippen LogP contribution in [0.25, 0.3) is 27.0 Å². The van der Waals surface area contributed by atoms with Gasteiger partial charge in [-0.2, -0.15) is 4.68 Å². The van der Waals surface area contributed by atoms with Crippen molar-refractivity contribution < 1.29 is 0 Å². The van der Waals surface area contributed by atoms with Crippen LogP contribution in [-0.2, 0) is 5.75 Å². The van der Waals surface area contributed by atoms with Gasteiger partial charge in [-0.15, -0.1) is 16.4 Å². The first-order valence-corrected chi connectivity index (χ1v) is 11.5. The maximum Gasteiger partial charge on any atom is 0.260 e. The molecular formula is C22H18N6OS2. The molecule has 31 heavy (non-hydrogen) atoms. The molecule has 3 heterocycles. The van der Waals surface area contributed by atoms with E-state index in [9.17, 15) is 4.79 Å². The lowest BCUT2D eigenvalue weighted by Gasteiger charge is -2.07. The summed E-state index contributed by atoms with van der Waals surface area (Å²) in [5, 5.41) is 15.3. The maximum atomic E-state index is 12.8. The van der Waals surface area contributed by atoms with Gasteiger partial charge in [-0.1, -0.05) is 48.2 Å². The van der Waals surface area contributed by atoms with E-state index in [2.05, 4.69) is 51.5 Å². The topological polar surface area (TPSA) is 89.3 Å². The quantitative estimate of drug-likeness (QED) is 0.399. The molecule has 9 heteroatoms. The van der Waals surface area contributed by atoms with Gasteiger partial charge in [0.05, 0.1) is 16.8 Å². The Kier molecular flexibility index (Phi) is 5.13. The molecule has 3 aromatic heterocycles. The molecule has 7 nitrogen and oxygen atoms in total. The molecule has 0 bridgehead atoms. The van der Waals surface area contributed by atoms with E-state index in [1.807, 2.05) is 41.8 Å². The Morgan fingerprint density at radius 2 is 1.94 bits per heavy atom. The minimum atomic E-state index is -0.130. The Bertz CT molecular complexity index is 1440. The van der Waals surface area contributed by atoms with Gasteiger partial charge in [0.25, 0.3) is 5.56 Å². The van der Waals surface area contributed by atoms with Crippen molar-refractivity contribution in [3.05, 3.63) is 81.2 Å². The van der Waals surface area contributed by atoms with Crippen molar-refractivity contribution in [3.8, 4) is 16.8 Å². The second-order valence-corrected chi connectivity index (χ2v) is 8.94. The fourth-order valence-corrected chi connectivity index (χ4v) is 5.04. The summed E-state index contributed by atoms with van der Waals surface area (Å²) in [5.74, 6) is 1.05. The highest BCUT2D eigenvalue weighted by Gasteiger charge is 2.15. The normalized spacial score (nSPS) is 11.3. The Hall–Kier alpha value is -3.30. The van der Waals surface area contributed by atoms with Crippen molar-refractivity contribution in [3.63, 3.8) is 0 Å². The molecule has 0 spiro atoms. The standard InChI is InChI=1S/C22H18N6OS2/c1-13-8-9-16(10-14(13)2)28-22(25-26-27-28)31-12-18-23-20(29)19-17(11-30-21(19)24-18)15-6-4-3-5-7-15/h3-11H,12H2,1-2H3,(H,23,24,29). The van der Waals surface area contributed by atoms with Crippen LogP contribution in [0.1, 0.15) is 17.0 Å². The highest BCUT2D eigenvalue weighted by molar-refractivity contribution is 7.98. The van der Waals surface area contributed by atoms with E-state index in [1.165, 1.54) is 34.2 Å². The first-order valence-electron chi connectivity index (χ1n) is 9.65. The maximum absolute atomic E-state index is 12.8. The lowest BCUT2D eigenvalue weighted by molar-refractivity contribution is 0.755. The second kappa shape index (κ2) is 8.09. The van der Waals surface area contributed by atoms with Gasteiger partial charge in [-0.25, -0.2) is 4.98 Å².